The van der Waals surface area contributed by atoms with E-state index in [-0.39, 0.29) is 24.1 Å². The van der Waals surface area contributed by atoms with Gasteiger partial charge in [0.25, 0.3) is 5.91 Å². The number of ether oxygens (including phenoxy) is 1. The van der Waals surface area contributed by atoms with E-state index in [1.165, 1.54) is 18.3 Å². The lowest BCUT2D eigenvalue weighted by atomic mass is 9.86. The van der Waals surface area contributed by atoms with Crippen LogP contribution in [0.4, 0.5) is 15.8 Å². The van der Waals surface area contributed by atoms with Gasteiger partial charge in [-0.15, -0.1) is 0 Å². The minimum Gasteiger partial charge on any atom is -0.378 e. The van der Waals surface area contributed by atoms with E-state index in [9.17, 15) is 14.0 Å². The third kappa shape index (κ3) is 4.36. The van der Waals surface area contributed by atoms with E-state index >= 15 is 0 Å². The lowest BCUT2D eigenvalue weighted by Gasteiger charge is -2.29. The minimum atomic E-state index is -0.429. The normalized spacial score (nSPS) is 19.1. The quantitative estimate of drug-likeness (QED) is 0.814. The third-order valence-corrected chi connectivity index (χ3v) is 5.53. The maximum Gasteiger partial charge on any atom is 0.253 e. The van der Waals surface area contributed by atoms with Crippen LogP contribution in [0.15, 0.2) is 54.2 Å². The zero-order valence-electron chi connectivity index (χ0n) is 16.8. The van der Waals surface area contributed by atoms with Crippen molar-refractivity contribution in [3.05, 3.63) is 71.2 Å². The smallest absolute Gasteiger partial charge is 0.253 e. The van der Waals surface area contributed by atoms with Crippen LogP contribution in [0.2, 0.25) is 0 Å². The summed E-state index contributed by atoms with van der Waals surface area (Å²) in [5, 5.41) is 5.62. The number of benzene rings is 2. The number of nitrogens with one attached hydrogen (secondary N) is 2. The topological polar surface area (TPSA) is 70.7 Å². The summed E-state index contributed by atoms with van der Waals surface area (Å²) < 4.78 is 18.7. The van der Waals surface area contributed by atoms with E-state index in [0.29, 0.717) is 18.8 Å². The average Bonchev–Trinajstić information content (AvgIpc) is 2.76. The van der Waals surface area contributed by atoms with Crippen LogP contribution in [0.1, 0.15) is 23.5 Å². The molecule has 1 saturated heterocycles. The van der Waals surface area contributed by atoms with Crippen LogP contribution in [-0.4, -0.2) is 38.1 Å². The maximum absolute atomic E-state index is 13.3. The molecule has 2 aromatic carbocycles. The zero-order chi connectivity index (χ0) is 21.1. The van der Waals surface area contributed by atoms with Gasteiger partial charge in [-0.2, -0.15) is 0 Å². The minimum absolute atomic E-state index is 0.137. The monoisotopic (exact) mass is 409 g/mol. The summed E-state index contributed by atoms with van der Waals surface area (Å²) in [5.74, 6) is -1.25. The first-order chi connectivity index (χ1) is 14.5. The number of anilines is 2. The van der Waals surface area contributed by atoms with Gasteiger partial charge in [-0.25, -0.2) is 4.39 Å². The van der Waals surface area contributed by atoms with Crippen LogP contribution in [0.25, 0.3) is 0 Å². The van der Waals surface area contributed by atoms with Crippen molar-refractivity contribution in [2.45, 2.75) is 19.3 Å². The van der Waals surface area contributed by atoms with Crippen LogP contribution in [-0.2, 0) is 14.3 Å². The Morgan fingerprint density at radius 1 is 1.17 bits per heavy atom. The number of carbonyl (C=O) groups excluding carboxylic acids is 2. The van der Waals surface area contributed by atoms with E-state index in [0.717, 1.165) is 35.6 Å². The molecule has 30 heavy (non-hydrogen) atoms. The van der Waals surface area contributed by atoms with Crippen LogP contribution in [0.3, 0.4) is 0 Å². The van der Waals surface area contributed by atoms with Gasteiger partial charge in [0, 0.05) is 48.6 Å². The molecule has 0 bridgehead atoms. The van der Waals surface area contributed by atoms with Crippen LogP contribution < -0.4 is 15.5 Å². The van der Waals surface area contributed by atoms with Crippen molar-refractivity contribution < 1.29 is 18.7 Å². The summed E-state index contributed by atoms with van der Waals surface area (Å²) in [4.78, 5) is 27.3. The highest BCUT2D eigenvalue weighted by Crippen LogP contribution is 2.32. The summed E-state index contributed by atoms with van der Waals surface area (Å²) >= 11 is 0. The van der Waals surface area contributed by atoms with Crippen molar-refractivity contribution in [1.82, 2.24) is 5.32 Å². The Morgan fingerprint density at radius 2 is 1.90 bits per heavy atom. The summed E-state index contributed by atoms with van der Waals surface area (Å²) in [6.45, 7) is 4.91. The highest BCUT2D eigenvalue weighted by Gasteiger charge is 2.29. The lowest BCUT2D eigenvalue weighted by molar-refractivity contribution is -0.121. The number of hydrogen-bond acceptors (Lipinski definition) is 4. The molecule has 0 spiro atoms. The second-order valence-corrected chi connectivity index (χ2v) is 7.53. The summed E-state index contributed by atoms with van der Waals surface area (Å²) in [7, 11) is 0. The van der Waals surface area contributed by atoms with Gasteiger partial charge in [-0.3, -0.25) is 9.59 Å². The second-order valence-electron chi connectivity index (χ2n) is 7.53. The molecule has 0 aliphatic carbocycles. The maximum atomic E-state index is 13.3. The number of morpholine rings is 1. The Hall–Kier alpha value is -3.19. The number of amides is 2. The largest absolute Gasteiger partial charge is 0.378 e. The molecule has 6 nitrogen and oxygen atoms in total. The van der Waals surface area contributed by atoms with Crippen molar-refractivity contribution in [2.24, 2.45) is 0 Å². The summed E-state index contributed by atoms with van der Waals surface area (Å²) in [5.41, 5.74) is 3.86. The fraction of sp³-hybridized carbons (Fsp3) is 0.304. The number of aryl methyl sites for hydroxylation is 1. The molecule has 2 N–H and O–H groups in total. The van der Waals surface area contributed by atoms with Crippen molar-refractivity contribution in [2.75, 3.05) is 36.5 Å². The zero-order valence-corrected chi connectivity index (χ0v) is 16.8. The molecule has 0 saturated carbocycles. The number of rotatable bonds is 4. The molecule has 1 fully saturated rings. The SMILES string of the molecule is Cc1ccc(N2CCOCC2)cc1NC(=O)C1=CNC(=O)CC1c1ccc(F)cc1. The fourth-order valence-corrected chi connectivity index (χ4v) is 3.79. The molecule has 2 aromatic rings. The van der Waals surface area contributed by atoms with Gasteiger partial charge in [-0.05, 0) is 42.3 Å². The molecule has 156 valence electrons. The van der Waals surface area contributed by atoms with Crippen LogP contribution in [0, 0.1) is 12.7 Å². The Kier molecular flexibility index (Phi) is 5.81. The molecule has 2 aliphatic heterocycles. The van der Waals surface area contributed by atoms with Crippen LogP contribution in [0.5, 0.6) is 0 Å². The molecule has 0 radical (unpaired) electrons. The molecular weight excluding hydrogens is 385 g/mol. The van der Waals surface area contributed by atoms with Crippen molar-refractivity contribution in [3.8, 4) is 0 Å². The third-order valence-electron chi connectivity index (χ3n) is 5.53. The van der Waals surface area contributed by atoms with Crippen LogP contribution >= 0.6 is 0 Å². The van der Waals surface area contributed by atoms with E-state index in [2.05, 4.69) is 15.5 Å². The molecule has 1 unspecified atom stereocenters. The van der Waals surface area contributed by atoms with Crippen molar-refractivity contribution in [3.63, 3.8) is 0 Å². The predicted molar refractivity (Wildman–Crippen MR) is 113 cm³/mol. The van der Waals surface area contributed by atoms with E-state index < -0.39 is 5.92 Å². The molecule has 2 amide bonds. The van der Waals surface area contributed by atoms with Gasteiger partial charge in [0.05, 0.1) is 13.2 Å². The van der Waals surface area contributed by atoms with Gasteiger partial charge in [0.15, 0.2) is 0 Å². The molecule has 2 aliphatic rings. The lowest BCUT2D eigenvalue weighted by Crippen LogP contribution is -2.36. The Morgan fingerprint density at radius 3 is 2.63 bits per heavy atom. The molecule has 2 heterocycles. The first-order valence-corrected chi connectivity index (χ1v) is 10.0. The Labute approximate surface area is 174 Å². The van der Waals surface area contributed by atoms with Gasteiger partial charge in [0.1, 0.15) is 5.82 Å². The molecule has 0 aromatic heterocycles. The van der Waals surface area contributed by atoms with E-state index in [4.69, 9.17) is 4.74 Å². The fourth-order valence-electron chi connectivity index (χ4n) is 3.79. The molecular formula is C23H24FN3O3. The van der Waals surface area contributed by atoms with E-state index in [1.807, 2.05) is 25.1 Å². The number of nitrogens with zero attached hydrogens (tertiary/aromatic N) is 1. The molecule has 1 atom stereocenters. The average molecular weight is 409 g/mol. The summed E-state index contributed by atoms with van der Waals surface area (Å²) in [6.07, 6.45) is 1.59. The first-order valence-electron chi connectivity index (χ1n) is 10.0. The van der Waals surface area contributed by atoms with Gasteiger partial charge in [0.2, 0.25) is 5.91 Å². The van der Waals surface area contributed by atoms with Crippen molar-refractivity contribution >= 4 is 23.2 Å². The van der Waals surface area contributed by atoms with Gasteiger partial charge < -0.3 is 20.3 Å². The predicted octanol–water partition coefficient (Wildman–Crippen LogP) is 3.10. The Bertz CT molecular complexity index is 982. The number of hydrogen-bond donors (Lipinski definition) is 2. The number of carbonyl (C=O) groups is 2. The Balaban J connectivity index is 1.57. The van der Waals surface area contributed by atoms with Gasteiger partial charge >= 0.3 is 0 Å². The van der Waals surface area contributed by atoms with Gasteiger partial charge in [-0.1, -0.05) is 18.2 Å². The highest BCUT2D eigenvalue weighted by atomic mass is 19.1. The van der Waals surface area contributed by atoms with Crippen molar-refractivity contribution in [1.29, 1.82) is 0 Å². The van der Waals surface area contributed by atoms with E-state index in [1.54, 1.807) is 12.1 Å². The summed E-state index contributed by atoms with van der Waals surface area (Å²) in [6, 6.07) is 11.9. The number of halogens is 1. The standard InChI is InChI=1S/C23H24FN3O3/c1-15-2-7-18(27-8-10-30-11-9-27)12-21(15)26-23(29)20-14-25-22(28)13-19(20)16-3-5-17(24)6-4-16/h2-7,12,14,19H,8-11,13H2,1H3,(H,25,28)(H,26,29). The first kappa shape index (κ1) is 20.1. The highest BCUT2D eigenvalue weighted by molar-refractivity contribution is 6.07. The second kappa shape index (κ2) is 8.67. The molecule has 7 heteroatoms. The molecule has 4 rings (SSSR count).